The number of hydrogen-bond acceptors (Lipinski definition) is 4. The second-order valence-electron chi connectivity index (χ2n) is 5.18. The molecule has 1 heterocycles. The standard InChI is InChI=1S/C17H20N2O3/c1-11(22-2)12-3-5-13(6-4-12)15-7-8-19-10-14(15)9-16(18)17(20)21/h3-8,10-11,16H,9,18H2,1-2H3,(H,20,21). The summed E-state index contributed by atoms with van der Waals surface area (Å²) in [5, 5.41) is 8.97. The van der Waals surface area contributed by atoms with E-state index >= 15 is 0 Å². The monoisotopic (exact) mass is 300 g/mol. The Morgan fingerprint density at radius 3 is 2.59 bits per heavy atom. The van der Waals surface area contributed by atoms with Crippen molar-refractivity contribution in [3.63, 3.8) is 0 Å². The molecule has 1 aromatic heterocycles. The van der Waals surface area contributed by atoms with E-state index in [4.69, 9.17) is 15.6 Å². The highest BCUT2D eigenvalue weighted by Crippen LogP contribution is 2.26. The van der Waals surface area contributed by atoms with Crippen LogP contribution in [0.1, 0.15) is 24.2 Å². The molecule has 2 atom stereocenters. The third kappa shape index (κ3) is 3.69. The van der Waals surface area contributed by atoms with Crippen LogP contribution >= 0.6 is 0 Å². The Labute approximate surface area is 129 Å². The van der Waals surface area contributed by atoms with E-state index in [2.05, 4.69) is 4.98 Å². The molecule has 2 aromatic rings. The molecule has 0 saturated carbocycles. The minimum absolute atomic E-state index is 0.0337. The lowest BCUT2D eigenvalue weighted by molar-refractivity contribution is -0.138. The molecular formula is C17H20N2O3. The van der Waals surface area contributed by atoms with Crippen molar-refractivity contribution in [3.8, 4) is 11.1 Å². The van der Waals surface area contributed by atoms with E-state index < -0.39 is 12.0 Å². The van der Waals surface area contributed by atoms with E-state index in [9.17, 15) is 4.79 Å². The fraction of sp³-hybridized carbons (Fsp3) is 0.294. The highest BCUT2D eigenvalue weighted by molar-refractivity contribution is 5.75. The molecule has 0 fully saturated rings. The number of hydrogen-bond donors (Lipinski definition) is 2. The van der Waals surface area contributed by atoms with Crippen molar-refractivity contribution in [2.45, 2.75) is 25.5 Å². The first-order valence-corrected chi connectivity index (χ1v) is 7.07. The smallest absolute Gasteiger partial charge is 0.320 e. The molecule has 116 valence electrons. The van der Waals surface area contributed by atoms with Gasteiger partial charge in [-0.05, 0) is 35.2 Å². The van der Waals surface area contributed by atoms with Crippen molar-refractivity contribution in [1.82, 2.24) is 4.98 Å². The van der Waals surface area contributed by atoms with E-state index in [-0.39, 0.29) is 12.5 Å². The highest BCUT2D eigenvalue weighted by Gasteiger charge is 2.15. The number of carbonyl (C=O) groups is 1. The van der Waals surface area contributed by atoms with Crippen LogP contribution in [-0.4, -0.2) is 29.2 Å². The van der Waals surface area contributed by atoms with Crippen molar-refractivity contribution in [1.29, 1.82) is 0 Å². The number of carboxylic acids is 1. The summed E-state index contributed by atoms with van der Waals surface area (Å²) in [5.74, 6) is -1.01. The summed E-state index contributed by atoms with van der Waals surface area (Å²) in [6, 6.07) is 8.94. The van der Waals surface area contributed by atoms with Crippen LogP contribution in [0.4, 0.5) is 0 Å². The summed E-state index contributed by atoms with van der Waals surface area (Å²) in [4.78, 5) is 15.0. The molecule has 2 rings (SSSR count). The van der Waals surface area contributed by atoms with E-state index in [1.54, 1.807) is 19.5 Å². The third-order valence-electron chi connectivity index (χ3n) is 3.71. The number of methoxy groups -OCH3 is 1. The number of nitrogens with two attached hydrogens (primary N) is 1. The maximum absolute atomic E-state index is 10.9. The fourth-order valence-electron chi connectivity index (χ4n) is 2.27. The zero-order valence-electron chi connectivity index (χ0n) is 12.7. The van der Waals surface area contributed by atoms with E-state index in [0.717, 1.165) is 22.3 Å². The van der Waals surface area contributed by atoms with Gasteiger partial charge in [-0.3, -0.25) is 9.78 Å². The molecule has 5 nitrogen and oxygen atoms in total. The molecule has 0 saturated heterocycles. The van der Waals surface area contributed by atoms with Gasteiger partial charge in [0, 0.05) is 25.9 Å². The number of aliphatic carboxylic acids is 1. The van der Waals surface area contributed by atoms with Crippen molar-refractivity contribution in [2.24, 2.45) is 5.73 Å². The molecule has 0 amide bonds. The van der Waals surface area contributed by atoms with Gasteiger partial charge in [0.1, 0.15) is 6.04 Å². The normalized spacial score (nSPS) is 13.6. The number of aromatic nitrogens is 1. The Balaban J connectivity index is 2.30. The Morgan fingerprint density at radius 1 is 1.32 bits per heavy atom. The number of rotatable bonds is 6. The molecule has 0 aliphatic rings. The Kier molecular flexibility index (Phi) is 5.25. The lowest BCUT2D eigenvalue weighted by Gasteiger charge is -2.13. The van der Waals surface area contributed by atoms with Crippen LogP contribution in [0.15, 0.2) is 42.7 Å². The summed E-state index contributed by atoms with van der Waals surface area (Å²) >= 11 is 0. The highest BCUT2D eigenvalue weighted by atomic mass is 16.5. The minimum Gasteiger partial charge on any atom is -0.480 e. The minimum atomic E-state index is -1.01. The summed E-state index contributed by atoms with van der Waals surface area (Å²) in [6.07, 6.45) is 3.64. The molecule has 1 aromatic carbocycles. The quantitative estimate of drug-likeness (QED) is 0.855. The zero-order valence-corrected chi connectivity index (χ0v) is 12.7. The van der Waals surface area contributed by atoms with Gasteiger partial charge < -0.3 is 15.6 Å². The SMILES string of the molecule is COC(C)c1ccc(-c2ccncc2CC(N)C(=O)O)cc1. The van der Waals surface area contributed by atoms with Gasteiger partial charge in [-0.2, -0.15) is 0 Å². The van der Waals surface area contributed by atoms with Gasteiger partial charge in [0.15, 0.2) is 0 Å². The van der Waals surface area contributed by atoms with Crippen LogP contribution in [0.25, 0.3) is 11.1 Å². The predicted octanol–water partition coefficient (Wildman–Crippen LogP) is 2.41. The van der Waals surface area contributed by atoms with Crippen LogP contribution in [-0.2, 0) is 16.0 Å². The Bertz CT molecular complexity index is 641. The van der Waals surface area contributed by atoms with Gasteiger partial charge in [-0.1, -0.05) is 24.3 Å². The summed E-state index contributed by atoms with van der Waals surface area (Å²) in [6.45, 7) is 1.98. The van der Waals surface area contributed by atoms with E-state index in [0.29, 0.717) is 0 Å². The molecule has 2 unspecified atom stereocenters. The summed E-state index contributed by atoms with van der Waals surface area (Å²) < 4.78 is 5.29. The molecule has 5 heteroatoms. The van der Waals surface area contributed by atoms with Gasteiger partial charge in [0.05, 0.1) is 6.10 Å². The maximum Gasteiger partial charge on any atom is 0.320 e. The molecule has 0 aliphatic carbocycles. The molecular weight excluding hydrogens is 280 g/mol. The van der Waals surface area contributed by atoms with E-state index in [1.165, 1.54) is 0 Å². The van der Waals surface area contributed by atoms with Crippen LogP contribution in [0.3, 0.4) is 0 Å². The van der Waals surface area contributed by atoms with Crippen LogP contribution < -0.4 is 5.73 Å². The number of carboxylic acid groups (broad SMARTS) is 1. The average molecular weight is 300 g/mol. The van der Waals surface area contributed by atoms with Gasteiger partial charge in [0.25, 0.3) is 0 Å². The first-order valence-electron chi connectivity index (χ1n) is 7.07. The van der Waals surface area contributed by atoms with Crippen molar-refractivity contribution < 1.29 is 14.6 Å². The lowest BCUT2D eigenvalue weighted by Crippen LogP contribution is -2.32. The molecule has 0 bridgehead atoms. The van der Waals surface area contributed by atoms with E-state index in [1.807, 2.05) is 37.3 Å². The van der Waals surface area contributed by atoms with Crippen LogP contribution in [0, 0.1) is 0 Å². The van der Waals surface area contributed by atoms with Crippen molar-refractivity contribution in [2.75, 3.05) is 7.11 Å². The second kappa shape index (κ2) is 7.15. The summed E-state index contributed by atoms with van der Waals surface area (Å²) in [7, 11) is 1.67. The molecule has 0 aliphatic heterocycles. The second-order valence-corrected chi connectivity index (χ2v) is 5.18. The van der Waals surface area contributed by atoms with Gasteiger partial charge in [0.2, 0.25) is 0 Å². The van der Waals surface area contributed by atoms with Crippen LogP contribution in [0.2, 0.25) is 0 Å². The molecule has 3 N–H and O–H groups in total. The number of pyridine rings is 1. The molecule has 22 heavy (non-hydrogen) atoms. The van der Waals surface area contributed by atoms with Crippen molar-refractivity contribution in [3.05, 3.63) is 53.9 Å². The van der Waals surface area contributed by atoms with Gasteiger partial charge >= 0.3 is 5.97 Å². The number of nitrogens with zero attached hydrogens (tertiary/aromatic N) is 1. The number of benzene rings is 1. The topological polar surface area (TPSA) is 85.4 Å². The zero-order chi connectivity index (χ0) is 16.1. The van der Waals surface area contributed by atoms with Crippen LogP contribution in [0.5, 0.6) is 0 Å². The largest absolute Gasteiger partial charge is 0.480 e. The lowest BCUT2D eigenvalue weighted by atomic mass is 9.96. The molecule has 0 radical (unpaired) electrons. The predicted molar refractivity (Wildman–Crippen MR) is 84.4 cm³/mol. The fourth-order valence-corrected chi connectivity index (χ4v) is 2.27. The maximum atomic E-state index is 10.9. The molecule has 0 spiro atoms. The number of ether oxygens (including phenoxy) is 1. The van der Waals surface area contributed by atoms with Gasteiger partial charge in [-0.25, -0.2) is 0 Å². The first-order chi connectivity index (χ1) is 10.5. The average Bonchev–Trinajstić information content (AvgIpc) is 2.54. The third-order valence-corrected chi connectivity index (χ3v) is 3.71. The van der Waals surface area contributed by atoms with Gasteiger partial charge in [-0.15, -0.1) is 0 Å². The Morgan fingerprint density at radius 2 is 2.00 bits per heavy atom. The van der Waals surface area contributed by atoms with Crippen molar-refractivity contribution >= 4 is 5.97 Å². The summed E-state index contributed by atoms with van der Waals surface area (Å²) in [5.41, 5.74) is 9.49. The first kappa shape index (κ1) is 16.1. The Hall–Kier alpha value is -2.24.